The standard InChI is InChI=1S/C17H30N4/c1-4-9-20-16(15-12-18-14-19-13-15)17(2,3)21-10-7-5-6-8-11-21/h12-14,16,20H,4-11H2,1-3H3. The number of hydrogen-bond donors (Lipinski definition) is 1. The molecule has 118 valence electrons. The highest BCUT2D eigenvalue weighted by atomic mass is 15.2. The Morgan fingerprint density at radius 1 is 1.14 bits per heavy atom. The van der Waals surface area contributed by atoms with Crippen LogP contribution in [0.5, 0.6) is 0 Å². The molecule has 4 nitrogen and oxygen atoms in total. The molecule has 0 bridgehead atoms. The van der Waals surface area contributed by atoms with Gasteiger partial charge in [0.2, 0.25) is 0 Å². The molecule has 1 saturated heterocycles. The Balaban J connectivity index is 2.20. The minimum Gasteiger partial charge on any atom is -0.308 e. The maximum absolute atomic E-state index is 4.22. The van der Waals surface area contributed by atoms with Gasteiger partial charge in [-0.1, -0.05) is 19.8 Å². The molecule has 2 heterocycles. The van der Waals surface area contributed by atoms with Gasteiger partial charge in [-0.3, -0.25) is 4.90 Å². The van der Waals surface area contributed by atoms with Gasteiger partial charge in [-0.25, -0.2) is 9.97 Å². The Morgan fingerprint density at radius 3 is 2.33 bits per heavy atom. The zero-order valence-corrected chi connectivity index (χ0v) is 13.8. The van der Waals surface area contributed by atoms with Crippen molar-refractivity contribution in [3.05, 3.63) is 24.3 Å². The molecular weight excluding hydrogens is 260 g/mol. The van der Waals surface area contributed by atoms with Gasteiger partial charge in [0.25, 0.3) is 0 Å². The maximum Gasteiger partial charge on any atom is 0.115 e. The van der Waals surface area contributed by atoms with E-state index in [0.717, 1.165) is 13.0 Å². The molecule has 0 aliphatic carbocycles. The second-order valence-corrected chi connectivity index (χ2v) is 6.61. The third-order valence-electron chi connectivity index (χ3n) is 4.64. The summed E-state index contributed by atoms with van der Waals surface area (Å²) in [6, 6.07) is 0.275. The number of likely N-dealkylation sites (tertiary alicyclic amines) is 1. The minimum absolute atomic E-state index is 0.0736. The van der Waals surface area contributed by atoms with E-state index in [1.54, 1.807) is 6.33 Å². The maximum atomic E-state index is 4.22. The summed E-state index contributed by atoms with van der Waals surface area (Å²) in [7, 11) is 0. The van der Waals surface area contributed by atoms with Gasteiger partial charge in [0.05, 0.1) is 6.04 Å². The molecule has 2 rings (SSSR count). The zero-order valence-electron chi connectivity index (χ0n) is 13.8. The highest BCUT2D eigenvalue weighted by molar-refractivity contribution is 5.16. The van der Waals surface area contributed by atoms with Gasteiger partial charge in [-0.15, -0.1) is 0 Å². The quantitative estimate of drug-likeness (QED) is 0.873. The molecule has 1 N–H and O–H groups in total. The number of aromatic nitrogens is 2. The van der Waals surface area contributed by atoms with Crippen molar-refractivity contribution in [2.45, 2.75) is 64.5 Å². The second-order valence-electron chi connectivity index (χ2n) is 6.61. The fourth-order valence-electron chi connectivity index (χ4n) is 3.35. The monoisotopic (exact) mass is 290 g/mol. The molecule has 1 atom stereocenters. The summed E-state index contributed by atoms with van der Waals surface area (Å²) in [5, 5.41) is 3.72. The van der Waals surface area contributed by atoms with E-state index in [1.807, 2.05) is 12.4 Å². The van der Waals surface area contributed by atoms with Crippen molar-refractivity contribution in [3.63, 3.8) is 0 Å². The van der Waals surface area contributed by atoms with Crippen molar-refractivity contribution in [1.29, 1.82) is 0 Å². The van der Waals surface area contributed by atoms with Crippen LogP contribution in [0.1, 0.15) is 64.5 Å². The van der Waals surface area contributed by atoms with Crippen LogP contribution in [0.3, 0.4) is 0 Å². The summed E-state index contributed by atoms with van der Waals surface area (Å²) in [5.41, 5.74) is 1.27. The van der Waals surface area contributed by atoms with Gasteiger partial charge in [0.15, 0.2) is 0 Å². The van der Waals surface area contributed by atoms with E-state index >= 15 is 0 Å². The van der Waals surface area contributed by atoms with Crippen LogP contribution < -0.4 is 5.32 Å². The van der Waals surface area contributed by atoms with Crippen molar-refractivity contribution in [2.24, 2.45) is 0 Å². The van der Waals surface area contributed by atoms with Gasteiger partial charge in [0, 0.05) is 23.5 Å². The SMILES string of the molecule is CCCNC(c1cncnc1)C(C)(C)N1CCCCCC1. The molecule has 1 aromatic heterocycles. The van der Waals surface area contributed by atoms with Crippen molar-refractivity contribution in [1.82, 2.24) is 20.2 Å². The van der Waals surface area contributed by atoms with Crippen molar-refractivity contribution in [2.75, 3.05) is 19.6 Å². The molecule has 1 aromatic rings. The van der Waals surface area contributed by atoms with Gasteiger partial charge < -0.3 is 5.32 Å². The molecule has 21 heavy (non-hydrogen) atoms. The number of hydrogen-bond acceptors (Lipinski definition) is 4. The minimum atomic E-state index is 0.0736. The summed E-state index contributed by atoms with van der Waals surface area (Å²) < 4.78 is 0. The lowest BCUT2D eigenvalue weighted by atomic mass is 9.87. The fourth-order valence-corrected chi connectivity index (χ4v) is 3.35. The topological polar surface area (TPSA) is 41.1 Å². The zero-order chi connectivity index (χ0) is 15.1. The molecule has 1 fully saturated rings. The molecule has 0 spiro atoms. The smallest absolute Gasteiger partial charge is 0.115 e. The Labute approximate surface area is 129 Å². The number of rotatable bonds is 6. The Morgan fingerprint density at radius 2 is 1.76 bits per heavy atom. The number of nitrogens with zero attached hydrogens (tertiary/aromatic N) is 3. The molecule has 4 heteroatoms. The second kappa shape index (κ2) is 7.85. The summed E-state index contributed by atoms with van der Waals surface area (Å²) >= 11 is 0. The first kappa shape index (κ1) is 16.4. The van der Waals surface area contributed by atoms with E-state index in [-0.39, 0.29) is 11.6 Å². The van der Waals surface area contributed by atoms with Crippen LogP contribution in [0.25, 0.3) is 0 Å². The summed E-state index contributed by atoms with van der Waals surface area (Å²) in [4.78, 5) is 11.1. The summed E-state index contributed by atoms with van der Waals surface area (Å²) in [6.07, 6.45) is 12.0. The van der Waals surface area contributed by atoms with Crippen molar-refractivity contribution >= 4 is 0 Å². The molecule has 1 aliphatic heterocycles. The van der Waals surface area contributed by atoms with E-state index < -0.39 is 0 Å². The molecule has 1 aliphatic rings. The highest BCUT2D eigenvalue weighted by Crippen LogP contribution is 2.32. The lowest BCUT2D eigenvalue weighted by Gasteiger charge is -2.44. The molecule has 1 unspecified atom stereocenters. The van der Waals surface area contributed by atoms with Crippen LogP contribution in [0, 0.1) is 0 Å². The Bertz CT molecular complexity index is 397. The van der Waals surface area contributed by atoms with Crippen LogP contribution in [0.4, 0.5) is 0 Å². The fraction of sp³-hybridized carbons (Fsp3) is 0.765. The van der Waals surface area contributed by atoms with Crippen LogP contribution in [0.2, 0.25) is 0 Å². The largest absolute Gasteiger partial charge is 0.308 e. The van der Waals surface area contributed by atoms with E-state index in [2.05, 4.69) is 41.0 Å². The van der Waals surface area contributed by atoms with Crippen LogP contribution >= 0.6 is 0 Å². The van der Waals surface area contributed by atoms with E-state index in [9.17, 15) is 0 Å². The first-order valence-corrected chi connectivity index (χ1v) is 8.39. The molecular formula is C17H30N4. The molecule has 0 saturated carbocycles. The third-order valence-corrected chi connectivity index (χ3v) is 4.64. The predicted octanol–water partition coefficient (Wildman–Crippen LogP) is 3.17. The highest BCUT2D eigenvalue weighted by Gasteiger charge is 2.36. The Kier molecular flexibility index (Phi) is 6.12. The Hall–Kier alpha value is -1.00. The third kappa shape index (κ3) is 4.24. The van der Waals surface area contributed by atoms with Gasteiger partial charge in [-0.2, -0.15) is 0 Å². The van der Waals surface area contributed by atoms with Crippen LogP contribution in [-0.4, -0.2) is 40.0 Å². The lowest BCUT2D eigenvalue weighted by Crippen LogP contribution is -2.53. The predicted molar refractivity (Wildman–Crippen MR) is 87.2 cm³/mol. The molecule has 0 amide bonds. The van der Waals surface area contributed by atoms with E-state index in [4.69, 9.17) is 0 Å². The summed E-state index contributed by atoms with van der Waals surface area (Å²) in [6.45, 7) is 10.4. The summed E-state index contributed by atoms with van der Waals surface area (Å²) in [5.74, 6) is 0. The van der Waals surface area contributed by atoms with Crippen LogP contribution in [0.15, 0.2) is 18.7 Å². The number of nitrogens with one attached hydrogen (secondary N) is 1. The average Bonchev–Trinajstić information content (AvgIpc) is 2.78. The normalized spacial score (nSPS) is 19.2. The molecule has 0 aromatic carbocycles. The van der Waals surface area contributed by atoms with E-state index in [1.165, 1.54) is 44.3 Å². The van der Waals surface area contributed by atoms with Gasteiger partial charge in [-0.05, 0) is 52.7 Å². The van der Waals surface area contributed by atoms with Crippen molar-refractivity contribution < 1.29 is 0 Å². The molecule has 0 radical (unpaired) electrons. The average molecular weight is 290 g/mol. The lowest BCUT2D eigenvalue weighted by molar-refractivity contribution is 0.0831. The van der Waals surface area contributed by atoms with Crippen molar-refractivity contribution in [3.8, 4) is 0 Å². The van der Waals surface area contributed by atoms with E-state index in [0.29, 0.717) is 0 Å². The first-order chi connectivity index (χ1) is 10.2. The van der Waals surface area contributed by atoms with Gasteiger partial charge >= 0.3 is 0 Å². The van der Waals surface area contributed by atoms with Crippen LogP contribution in [-0.2, 0) is 0 Å². The first-order valence-electron chi connectivity index (χ1n) is 8.39. The van der Waals surface area contributed by atoms with Gasteiger partial charge in [0.1, 0.15) is 6.33 Å².